The van der Waals surface area contributed by atoms with Crippen LogP contribution in [-0.4, -0.2) is 48.6 Å². The summed E-state index contributed by atoms with van der Waals surface area (Å²) < 4.78 is 13.0. The molecular formula is C22H32FN5S. The molecule has 0 spiro atoms. The molecule has 29 heavy (non-hydrogen) atoms. The minimum atomic E-state index is -0.190. The number of piperidine rings is 1. The van der Waals surface area contributed by atoms with Crippen molar-refractivity contribution in [3.63, 3.8) is 0 Å². The average Bonchev–Trinajstić information content (AvgIpc) is 3.13. The van der Waals surface area contributed by atoms with Gasteiger partial charge in [0.05, 0.1) is 10.7 Å². The first-order valence-corrected chi connectivity index (χ1v) is 11.4. The Morgan fingerprint density at radius 2 is 2.00 bits per heavy atom. The second-order valence-corrected chi connectivity index (χ2v) is 8.66. The number of aryl methyl sites for hydroxylation is 1. The van der Waals surface area contributed by atoms with Gasteiger partial charge in [0, 0.05) is 31.6 Å². The zero-order valence-corrected chi connectivity index (χ0v) is 18.3. The molecule has 0 saturated carbocycles. The van der Waals surface area contributed by atoms with Crippen molar-refractivity contribution in [3.8, 4) is 0 Å². The topological polar surface area (TPSA) is 52.6 Å². The lowest BCUT2D eigenvalue weighted by Gasteiger charge is -2.30. The highest BCUT2D eigenvalue weighted by molar-refractivity contribution is 7.09. The smallest absolute Gasteiger partial charge is 0.191 e. The predicted molar refractivity (Wildman–Crippen MR) is 119 cm³/mol. The van der Waals surface area contributed by atoms with Gasteiger partial charge in [-0.15, -0.1) is 11.3 Å². The normalized spacial score (nSPS) is 16.2. The van der Waals surface area contributed by atoms with Gasteiger partial charge in [-0.25, -0.2) is 9.37 Å². The van der Waals surface area contributed by atoms with Crippen LogP contribution in [0.25, 0.3) is 0 Å². The van der Waals surface area contributed by atoms with E-state index in [0.717, 1.165) is 62.2 Å². The van der Waals surface area contributed by atoms with E-state index in [9.17, 15) is 4.39 Å². The summed E-state index contributed by atoms with van der Waals surface area (Å²) in [4.78, 5) is 11.9. The Bertz CT molecular complexity index is 766. The Balaban J connectivity index is 1.39. The molecule has 0 unspecified atom stereocenters. The Morgan fingerprint density at radius 1 is 1.24 bits per heavy atom. The lowest BCUT2D eigenvalue weighted by atomic mass is 9.97. The van der Waals surface area contributed by atoms with Crippen LogP contribution in [-0.2, 0) is 13.0 Å². The molecule has 1 saturated heterocycles. The summed E-state index contributed by atoms with van der Waals surface area (Å²) >= 11 is 1.73. The molecule has 0 aliphatic carbocycles. The van der Waals surface area contributed by atoms with Crippen LogP contribution >= 0.6 is 11.3 Å². The van der Waals surface area contributed by atoms with Gasteiger partial charge < -0.3 is 10.6 Å². The number of likely N-dealkylation sites (tertiary alicyclic amines) is 1. The summed E-state index contributed by atoms with van der Waals surface area (Å²) in [5.74, 6) is 1.32. The molecule has 5 nitrogen and oxygen atoms in total. The number of halogens is 1. The highest BCUT2D eigenvalue weighted by atomic mass is 32.1. The number of aromatic nitrogens is 1. The van der Waals surface area contributed by atoms with Crippen LogP contribution < -0.4 is 10.6 Å². The number of hydrogen-bond donors (Lipinski definition) is 2. The third-order valence-corrected chi connectivity index (χ3v) is 6.05. The van der Waals surface area contributed by atoms with E-state index in [4.69, 9.17) is 4.99 Å². The average molecular weight is 418 g/mol. The number of rotatable bonds is 8. The minimum Gasteiger partial charge on any atom is -0.357 e. The zero-order chi connectivity index (χ0) is 20.5. The highest BCUT2D eigenvalue weighted by Crippen LogP contribution is 2.20. The van der Waals surface area contributed by atoms with E-state index >= 15 is 0 Å². The first kappa shape index (κ1) is 21.7. The molecule has 1 fully saturated rings. The van der Waals surface area contributed by atoms with Gasteiger partial charge in [0.25, 0.3) is 0 Å². The Labute approximate surface area is 177 Å². The number of aliphatic imine (C=N–C) groups is 1. The number of benzene rings is 1. The lowest BCUT2D eigenvalue weighted by Crippen LogP contribution is -2.39. The summed E-state index contributed by atoms with van der Waals surface area (Å²) in [6, 6.07) is 6.69. The zero-order valence-electron chi connectivity index (χ0n) is 17.5. The largest absolute Gasteiger partial charge is 0.357 e. The molecule has 0 radical (unpaired) electrons. The summed E-state index contributed by atoms with van der Waals surface area (Å²) in [6.07, 6.45) is 3.21. The van der Waals surface area contributed by atoms with Crippen LogP contribution in [0.2, 0.25) is 0 Å². The van der Waals surface area contributed by atoms with Crippen LogP contribution in [0, 0.1) is 18.7 Å². The molecule has 1 aliphatic rings. The maximum atomic E-state index is 13.0. The molecule has 7 heteroatoms. The van der Waals surface area contributed by atoms with Crippen LogP contribution in [0.15, 0.2) is 34.6 Å². The third-order valence-electron chi connectivity index (χ3n) is 5.23. The van der Waals surface area contributed by atoms with E-state index in [1.165, 1.54) is 30.7 Å². The molecule has 0 bridgehead atoms. The van der Waals surface area contributed by atoms with E-state index in [1.54, 1.807) is 11.3 Å². The van der Waals surface area contributed by atoms with Crippen LogP contribution in [0.3, 0.4) is 0 Å². The number of nitrogens with one attached hydrogen (secondary N) is 2. The minimum absolute atomic E-state index is 0.190. The quantitative estimate of drug-likeness (QED) is 0.509. The van der Waals surface area contributed by atoms with Crippen molar-refractivity contribution in [2.45, 2.75) is 39.7 Å². The van der Waals surface area contributed by atoms with Crippen molar-refractivity contribution in [2.75, 3.05) is 32.7 Å². The number of thiazole rings is 1. The number of guanidine groups is 1. The first-order valence-electron chi connectivity index (χ1n) is 10.5. The van der Waals surface area contributed by atoms with Crippen molar-refractivity contribution in [1.29, 1.82) is 0 Å². The van der Waals surface area contributed by atoms with Crippen LogP contribution in [0.4, 0.5) is 4.39 Å². The van der Waals surface area contributed by atoms with Crippen molar-refractivity contribution < 1.29 is 4.39 Å². The fourth-order valence-corrected chi connectivity index (χ4v) is 4.18. The Morgan fingerprint density at radius 3 is 2.66 bits per heavy atom. The molecular weight excluding hydrogens is 385 g/mol. The number of hydrogen-bond acceptors (Lipinski definition) is 4. The molecule has 0 atom stereocenters. The van der Waals surface area contributed by atoms with Gasteiger partial charge in [0.1, 0.15) is 5.82 Å². The van der Waals surface area contributed by atoms with Crippen LogP contribution in [0.5, 0.6) is 0 Å². The summed E-state index contributed by atoms with van der Waals surface area (Å²) in [5, 5.41) is 10.0. The maximum Gasteiger partial charge on any atom is 0.191 e. The van der Waals surface area contributed by atoms with Crippen molar-refractivity contribution in [1.82, 2.24) is 20.5 Å². The SMILES string of the molecule is CCNC(=NCC1CCN(Cc2csc(C)n2)CC1)NCCc1ccc(F)cc1. The maximum absolute atomic E-state index is 13.0. The molecule has 2 heterocycles. The van der Waals surface area contributed by atoms with Gasteiger partial charge in [0.15, 0.2) is 5.96 Å². The second kappa shape index (κ2) is 11.3. The molecule has 1 aliphatic heterocycles. The van der Waals surface area contributed by atoms with Gasteiger partial charge in [-0.3, -0.25) is 9.89 Å². The summed E-state index contributed by atoms with van der Waals surface area (Å²) in [7, 11) is 0. The monoisotopic (exact) mass is 417 g/mol. The Hall–Kier alpha value is -1.99. The molecule has 1 aromatic carbocycles. The van der Waals surface area contributed by atoms with Gasteiger partial charge in [-0.1, -0.05) is 12.1 Å². The van der Waals surface area contributed by atoms with E-state index in [0.29, 0.717) is 5.92 Å². The third kappa shape index (κ3) is 7.40. The van der Waals surface area contributed by atoms with E-state index in [-0.39, 0.29) is 5.82 Å². The lowest BCUT2D eigenvalue weighted by molar-refractivity contribution is 0.179. The van der Waals surface area contributed by atoms with Gasteiger partial charge in [-0.05, 0) is 69.8 Å². The summed E-state index contributed by atoms with van der Waals surface area (Å²) in [6.45, 7) is 9.82. The van der Waals surface area contributed by atoms with E-state index in [1.807, 2.05) is 12.1 Å². The molecule has 2 N–H and O–H groups in total. The first-order chi connectivity index (χ1) is 14.1. The molecule has 0 amide bonds. The molecule has 158 valence electrons. The van der Waals surface area contributed by atoms with Gasteiger partial charge in [0.2, 0.25) is 0 Å². The molecule has 3 rings (SSSR count). The van der Waals surface area contributed by atoms with E-state index < -0.39 is 0 Å². The Kier molecular flexibility index (Phi) is 8.43. The second-order valence-electron chi connectivity index (χ2n) is 7.60. The van der Waals surface area contributed by atoms with Gasteiger partial charge >= 0.3 is 0 Å². The van der Waals surface area contributed by atoms with Crippen molar-refractivity contribution >= 4 is 17.3 Å². The van der Waals surface area contributed by atoms with Gasteiger partial charge in [-0.2, -0.15) is 0 Å². The molecule has 2 aromatic rings. The standard InChI is InChI=1S/C22H32FN5S/c1-3-24-22(25-11-8-18-4-6-20(23)7-5-18)26-14-19-9-12-28(13-10-19)15-21-16-29-17(2)27-21/h4-7,16,19H,3,8-15H2,1-2H3,(H2,24,25,26). The van der Waals surface area contributed by atoms with E-state index in [2.05, 4.69) is 39.7 Å². The summed E-state index contributed by atoms with van der Waals surface area (Å²) in [5.41, 5.74) is 2.32. The van der Waals surface area contributed by atoms with Crippen molar-refractivity contribution in [2.24, 2.45) is 10.9 Å². The van der Waals surface area contributed by atoms with Crippen molar-refractivity contribution in [3.05, 3.63) is 51.7 Å². The van der Waals surface area contributed by atoms with Crippen LogP contribution in [0.1, 0.15) is 36.0 Å². The number of nitrogens with zero attached hydrogens (tertiary/aromatic N) is 3. The predicted octanol–water partition coefficient (Wildman–Crippen LogP) is 3.60. The fraction of sp³-hybridized carbons (Fsp3) is 0.545. The fourth-order valence-electron chi connectivity index (χ4n) is 3.58. The molecule has 1 aromatic heterocycles. The highest BCUT2D eigenvalue weighted by Gasteiger charge is 2.19.